The zero-order valence-electron chi connectivity index (χ0n) is 10.7. The van der Waals surface area contributed by atoms with Crippen molar-refractivity contribution < 1.29 is 5.11 Å². The Morgan fingerprint density at radius 2 is 2.12 bits per heavy atom. The summed E-state index contributed by atoms with van der Waals surface area (Å²) in [6, 6.07) is 0.604. The molecule has 3 N–H and O–H groups in total. The highest BCUT2D eigenvalue weighted by molar-refractivity contribution is 4.81. The topological polar surface area (TPSA) is 49.5 Å². The van der Waals surface area contributed by atoms with Crippen molar-refractivity contribution in [3.8, 4) is 0 Å². The number of aliphatic hydroxyl groups excluding tert-OH is 1. The minimum atomic E-state index is 0.332. The number of piperidine rings is 1. The summed E-state index contributed by atoms with van der Waals surface area (Å²) < 4.78 is 0. The van der Waals surface area contributed by atoms with E-state index in [1.165, 1.54) is 32.2 Å². The number of nitrogens with zero attached hydrogens (tertiary/aromatic N) is 1. The van der Waals surface area contributed by atoms with Gasteiger partial charge in [0.25, 0.3) is 0 Å². The van der Waals surface area contributed by atoms with Crippen molar-refractivity contribution >= 4 is 0 Å². The van der Waals surface area contributed by atoms with Gasteiger partial charge in [0, 0.05) is 19.2 Å². The molecule has 2 atom stereocenters. The third kappa shape index (κ3) is 4.40. The lowest BCUT2D eigenvalue weighted by atomic mass is 9.89. The number of unbranched alkanes of at least 4 members (excludes halogenated alkanes) is 2. The quantitative estimate of drug-likeness (QED) is 0.651. The van der Waals surface area contributed by atoms with E-state index in [1.807, 2.05) is 0 Å². The SMILES string of the molecule is CCC1CCN(CCCCCO)C(CN)C1. The van der Waals surface area contributed by atoms with E-state index in [9.17, 15) is 0 Å². The number of nitrogens with two attached hydrogens (primary N) is 1. The van der Waals surface area contributed by atoms with E-state index < -0.39 is 0 Å². The van der Waals surface area contributed by atoms with Gasteiger partial charge in [-0.05, 0) is 51.1 Å². The first-order valence-corrected chi connectivity index (χ1v) is 6.86. The first kappa shape index (κ1) is 13.9. The molecule has 16 heavy (non-hydrogen) atoms. The van der Waals surface area contributed by atoms with Crippen molar-refractivity contribution in [2.24, 2.45) is 11.7 Å². The lowest BCUT2D eigenvalue weighted by Gasteiger charge is -2.38. The lowest BCUT2D eigenvalue weighted by molar-refractivity contribution is 0.112. The molecule has 0 spiro atoms. The lowest BCUT2D eigenvalue weighted by Crippen LogP contribution is -2.46. The molecule has 0 aromatic rings. The fourth-order valence-electron chi connectivity index (χ4n) is 2.70. The Labute approximate surface area is 100 Å². The summed E-state index contributed by atoms with van der Waals surface area (Å²) in [5.74, 6) is 0.891. The monoisotopic (exact) mass is 228 g/mol. The molecule has 0 amide bonds. The number of likely N-dealkylation sites (tertiary alicyclic amines) is 1. The molecule has 1 aliphatic heterocycles. The van der Waals surface area contributed by atoms with Crippen molar-refractivity contribution in [2.45, 2.75) is 51.5 Å². The number of rotatable bonds is 7. The van der Waals surface area contributed by atoms with E-state index in [2.05, 4.69) is 11.8 Å². The van der Waals surface area contributed by atoms with Gasteiger partial charge in [-0.2, -0.15) is 0 Å². The van der Waals surface area contributed by atoms with Crippen molar-refractivity contribution in [3.05, 3.63) is 0 Å². The third-order valence-corrected chi connectivity index (χ3v) is 3.90. The summed E-state index contributed by atoms with van der Waals surface area (Å²) >= 11 is 0. The van der Waals surface area contributed by atoms with E-state index in [-0.39, 0.29) is 0 Å². The largest absolute Gasteiger partial charge is 0.396 e. The third-order valence-electron chi connectivity index (χ3n) is 3.90. The molecule has 1 rings (SSSR count). The van der Waals surface area contributed by atoms with Crippen LogP contribution in [-0.4, -0.2) is 42.3 Å². The van der Waals surface area contributed by atoms with Gasteiger partial charge in [-0.15, -0.1) is 0 Å². The normalized spacial score (nSPS) is 27.2. The molecular formula is C13H28N2O. The zero-order valence-corrected chi connectivity index (χ0v) is 10.7. The molecule has 3 nitrogen and oxygen atoms in total. The molecule has 0 radical (unpaired) electrons. The molecule has 0 aliphatic carbocycles. The minimum absolute atomic E-state index is 0.332. The van der Waals surface area contributed by atoms with E-state index in [0.29, 0.717) is 12.6 Å². The Kier molecular flexibility index (Phi) is 7.01. The average molecular weight is 228 g/mol. The van der Waals surface area contributed by atoms with Crippen LogP contribution in [0.25, 0.3) is 0 Å². The van der Waals surface area contributed by atoms with E-state index in [1.54, 1.807) is 0 Å². The molecule has 1 saturated heterocycles. The van der Waals surface area contributed by atoms with Gasteiger partial charge in [-0.25, -0.2) is 0 Å². The van der Waals surface area contributed by atoms with Gasteiger partial charge in [-0.1, -0.05) is 13.3 Å². The summed E-state index contributed by atoms with van der Waals surface area (Å²) in [7, 11) is 0. The van der Waals surface area contributed by atoms with Gasteiger partial charge in [0.2, 0.25) is 0 Å². The van der Waals surface area contributed by atoms with Crippen LogP contribution in [0.4, 0.5) is 0 Å². The fraction of sp³-hybridized carbons (Fsp3) is 1.00. The van der Waals surface area contributed by atoms with Crippen molar-refractivity contribution in [2.75, 3.05) is 26.2 Å². The molecule has 2 unspecified atom stereocenters. The van der Waals surface area contributed by atoms with Gasteiger partial charge in [0.1, 0.15) is 0 Å². The van der Waals surface area contributed by atoms with Crippen molar-refractivity contribution in [1.82, 2.24) is 4.90 Å². The molecule has 96 valence electrons. The van der Waals surface area contributed by atoms with E-state index in [4.69, 9.17) is 10.8 Å². The maximum Gasteiger partial charge on any atom is 0.0431 e. The van der Waals surface area contributed by atoms with Crippen LogP contribution >= 0.6 is 0 Å². The smallest absolute Gasteiger partial charge is 0.0431 e. The molecule has 1 fully saturated rings. The van der Waals surface area contributed by atoms with Crippen LogP contribution in [0, 0.1) is 5.92 Å². The van der Waals surface area contributed by atoms with Gasteiger partial charge < -0.3 is 10.8 Å². The Balaban J connectivity index is 2.24. The molecule has 1 heterocycles. The number of hydrogen-bond donors (Lipinski definition) is 2. The van der Waals surface area contributed by atoms with Crippen LogP contribution < -0.4 is 5.73 Å². The summed E-state index contributed by atoms with van der Waals surface area (Å²) in [6.45, 7) is 5.81. The zero-order chi connectivity index (χ0) is 11.8. The molecule has 0 aromatic carbocycles. The molecular weight excluding hydrogens is 200 g/mol. The predicted octanol–water partition coefficient (Wildman–Crippen LogP) is 1.60. The molecule has 0 aromatic heterocycles. The second kappa shape index (κ2) is 8.04. The van der Waals surface area contributed by atoms with Gasteiger partial charge in [-0.3, -0.25) is 4.90 Å². The van der Waals surface area contributed by atoms with E-state index >= 15 is 0 Å². The van der Waals surface area contributed by atoms with Crippen LogP contribution in [0.3, 0.4) is 0 Å². The second-order valence-corrected chi connectivity index (χ2v) is 5.01. The van der Waals surface area contributed by atoms with Crippen LogP contribution in [-0.2, 0) is 0 Å². The molecule has 0 saturated carbocycles. The maximum absolute atomic E-state index is 8.73. The number of aliphatic hydroxyl groups is 1. The maximum atomic E-state index is 8.73. The number of hydrogen-bond acceptors (Lipinski definition) is 3. The Morgan fingerprint density at radius 3 is 2.75 bits per heavy atom. The van der Waals surface area contributed by atoms with Crippen molar-refractivity contribution in [1.29, 1.82) is 0 Å². The summed E-state index contributed by atoms with van der Waals surface area (Å²) in [5.41, 5.74) is 5.86. The first-order chi connectivity index (χ1) is 7.81. The van der Waals surface area contributed by atoms with Gasteiger partial charge in [0.05, 0.1) is 0 Å². The predicted molar refractivity (Wildman–Crippen MR) is 68.4 cm³/mol. The Morgan fingerprint density at radius 1 is 1.31 bits per heavy atom. The van der Waals surface area contributed by atoms with E-state index in [0.717, 1.165) is 31.8 Å². The standard InChI is InChI=1S/C13H28N2O/c1-2-12-6-8-15(13(10-12)11-14)7-4-3-5-9-16/h12-13,16H,2-11,14H2,1H3. The molecule has 3 heteroatoms. The Hall–Kier alpha value is -0.120. The van der Waals surface area contributed by atoms with Crippen molar-refractivity contribution in [3.63, 3.8) is 0 Å². The van der Waals surface area contributed by atoms with Crippen LogP contribution in [0.2, 0.25) is 0 Å². The van der Waals surface area contributed by atoms with Crippen LogP contribution in [0.5, 0.6) is 0 Å². The Bertz CT molecular complexity index is 175. The van der Waals surface area contributed by atoms with Crippen LogP contribution in [0.15, 0.2) is 0 Å². The molecule has 0 bridgehead atoms. The van der Waals surface area contributed by atoms with Crippen LogP contribution in [0.1, 0.15) is 45.4 Å². The van der Waals surface area contributed by atoms with Gasteiger partial charge >= 0.3 is 0 Å². The minimum Gasteiger partial charge on any atom is -0.396 e. The first-order valence-electron chi connectivity index (χ1n) is 6.86. The summed E-state index contributed by atoms with van der Waals surface area (Å²) in [5, 5.41) is 8.73. The summed E-state index contributed by atoms with van der Waals surface area (Å²) in [6.07, 6.45) is 7.21. The average Bonchev–Trinajstić information content (AvgIpc) is 2.34. The summed E-state index contributed by atoms with van der Waals surface area (Å²) in [4.78, 5) is 2.56. The fourth-order valence-corrected chi connectivity index (χ4v) is 2.70. The van der Waals surface area contributed by atoms with Gasteiger partial charge in [0.15, 0.2) is 0 Å². The highest BCUT2D eigenvalue weighted by atomic mass is 16.2. The molecule has 1 aliphatic rings. The second-order valence-electron chi connectivity index (χ2n) is 5.01. The highest BCUT2D eigenvalue weighted by Crippen LogP contribution is 2.25. The highest BCUT2D eigenvalue weighted by Gasteiger charge is 2.25.